The van der Waals surface area contributed by atoms with Crippen molar-refractivity contribution < 1.29 is 9.90 Å². The SMILES string of the molecule is CC(C)CNC(=O)C(C)N(CCCO)C(C)C. The van der Waals surface area contributed by atoms with Crippen LogP contribution in [0.5, 0.6) is 0 Å². The Balaban J connectivity index is 4.28. The lowest BCUT2D eigenvalue weighted by Gasteiger charge is -2.31. The summed E-state index contributed by atoms with van der Waals surface area (Å²) in [5, 5.41) is 11.8. The number of rotatable bonds is 8. The van der Waals surface area contributed by atoms with Crippen LogP contribution in [0.15, 0.2) is 0 Å². The van der Waals surface area contributed by atoms with E-state index in [-0.39, 0.29) is 18.6 Å². The molecular formula is C13H28N2O2. The highest BCUT2D eigenvalue weighted by Gasteiger charge is 2.22. The number of carbonyl (C=O) groups excluding carboxylic acids is 1. The second-order valence-electron chi connectivity index (χ2n) is 5.22. The molecule has 4 heteroatoms. The molecule has 0 aromatic carbocycles. The van der Waals surface area contributed by atoms with Gasteiger partial charge < -0.3 is 10.4 Å². The minimum Gasteiger partial charge on any atom is -0.396 e. The van der Waals surface area contributed by atoms with Crippen LogP contribution in [0.3, 0.4) is 0 Å². The summed E-state index contributed by atoms with van der Waals surface area (Å²) < 4.78 is 0. The lowest BCUT2D eigenvalue weighted by Crippen LogP contribution is -2.49. The van der Waals surface area contributed by atoms with Crippen molar-refractivity contribution in [3.63, 3.8) is 0 Å². The number of carbonyl (C=O) groups is 1. The second-order valence-corrected chi connectivity index (χ2v) is 5.22. The average Bonchev–Trinajstić information content (AvgIpc) is 2.25. The molecule has 1 amide bonds. The van der Waals surface area contributed by atoms with Crippen molar-refractivity contribution in [1.29, 1.82) is 0 Å². The first-order chi connectivity index (χ1) is 7.90. The Morgan fingerprint density at radius 1 is 1.24 bits per heavy atom. The van der Waals surface area contributed by atoms with Crippen LogP contribution >= 0.6 is 0 Å². The van der Waals surface area contributed by atoms with E-state index >= 15 is 0 Å². The molecule has 102 valence electrons. The van der Waals surface area contributed by atoms with Crippen LogP contribution in [0.25, 0.3) is 0 Å². The summed E-state index contributed by atoms with van der Waals surface area (Å²) in [7, 11) is 0. The fraction of sp³-hybridized carbons (Fsp3) is 0.923. The van der Waals surface area contributed by atoms with Crippen LogP contribution < -0.4 is 5.32 Å². The minimum atomic E-state index is -0.139. The normalized spacial score (nSPS) is 13.5. The molecule has 0 aliphatic heterocycles. The van der Waals surface area contributed by atoms with E-state index in [9.17, 15) is 4.79 Å². The van der Waals surface area contributed by atoms with Gasteiger partial charge in [0.15, 0.2) is 0 Å². The van der Waals surface area contributed by atoms with Gasteiger partial charge in [-0.3, -0.25) is 9.69 Å². The van der Waals surface area contributed by atoms with Crippen molar-refractivity contribution in [2.45, 2.75) is 53.1 Å². The van der Waals surface area contributed by atoms with Gasteiger partial charge in [-0.25, -0.2) is 0 Å². The fourth-order valence-corrected chi connectivity index (χ4v) is 1.76. The smallest absolute Gasteiger partial charge is 0.237 e. The van der Waals surface area contributed by atoms with Crippen LogP contribution in [0.1, 0.15) is 41.0 Å². The van der Waals surface area contributed by atoms with Gasteiger partial charge in [-0.1, -0.05) is 13.8 Å². The molecule has 0 aromatic rings. The van der Waals surface area contributed by atoms with Crippen LogP contribution in [0.4, 0.5) is 0 Å². The predicted octanol–water partition coefficient (Wildman–Crippen LogP) is 1.24. The van der Waals surface area contributed by atoms with Crippen LogP contribution in [0, 0.1) is 5.92 Å². The summed E-state index contributed by atoms with van der Waals surface area (Å²) in [4.78, 5) is 14.1. The highest BCUT2D eigenvalue weighted by Crippen LogP contribution is 2.07. The summed E-state index contributed by atoms with van der Waals surface area (Å²) >= 11 is 0. The highest BCUT2D eigenvalue weighted by molar-refractivity contribution is 5.81. The molecular weight excluding hydrogens is 216 g/mol. The third-order valence-electron chi connectivity index (χ3n) is 2.80. The zero-order valence-electron chi connectivity index (χ0n) is 11.9. The van der Waals surface area contributed by atoms with Gasteiger partial charge in [0.25, 0.3) is 0 Å². The number of hydrogen-bond donors (Lipinski definition) is 2. The summed E-state index contributed by atoms with van der Waals surface area (Å²) in [6, 6.07) is 0.168. The number of aliphatic hydroxyl groups excluding tert-OH is 1. The monoisotopic (exact) mass is 244 g/mol. The first kappa shape index (κ1) is 16.4. The maximum absolute atomic E-state index is 11.9. The van der Waals surface area contributed by atoms with Gasteiger partial charge in [-0.2, -0.15) is 0 Å². The summed E-state index contributed by atoms with van der Waals surface area (Å²) in [5.74, 6) is 0.543. The Morgan fingerprint density at radius 3 is 2.24 bits per heavy atom. The van der Waals surface area contributed by atoms with E-state index in [2.05, 4.69) is 37.9 Å². The van der Waals surface area contributed by atoms with E-state index in [0.717, 1.165) is 13.1 Å². The van der Waals surface area contributed by atoms with E-state index in [4.69, 9.17) is 5.11 Å². The number of hydrogen-bond acceptors (Lipinski definition) is 3. The standard InChI is InChI=1S/C13H28N2O2/c1-10(2)9-14-13(17)12(5)15(11(3)4)7-6-8-16/h10-12,16H,6-9H2,1-5H3,(H,14,17). The Labute approximate surface area is 105 Å². The maximum Gasteiger partial charge on any atom is 0.237 e. The largest absolute Gasteiger partial charge is 0.396 e. The topological polar surface area (TPSA) is 52.6 Å². The van der Waals surface area contributed by atoms with Crippen molar-refractivity contribution in [3.05, 3.63) is 0 Å². The van der Waals surface area contributed by atoms with Crippen LogP contribution in [-0.4, -0.2) is 47.7 Å². The van der Waals surface area contributed by atoms with Crippen molar-refractivity contribution in [3.8, 4) is 0 Å². The van der Waals surface area contributed by atoms with Gasteiger partial charge in [-0.15, -0.1) is 0 Å². The Bertz CT molecular complexity index is 217. The van der Waals surface area contributed by atoms with Crippen molar-refractivity contribution in [2.24, 2.45) is 5.92 Å². The van der Waals surface area contributed by atoms with E-state index in [0.29, 0.717) is 18.4 Å². The molecule has 0 rings (SSSR count). The molecule has 1 atom stereocenters. The van der Waals surface area contributed by atoms with Gasteiger partial charge in [0.1, 0.15) is 0 Å². The van der Waals surface area contributed by atoms with Crippen molar-refractivity contribution >= 4 is 5.91 Å². The molecule has 0 radical (unpaired) electrons. The van der Waals surface area contributed by atoms with Gasteiger partial charge in [0, 0.05) is 25.7 Å². The summed E-state index contributed by atoms with van der Waals surface area (Å²) in [5.41, 5.74) is 0. The van der Waals surface area contributed by atoms with Gasteiger partial charge in [0.2, 0.25) is 5.91 Å². The Morgan fingerprint density at radius 2 is 1.82 bits per heavy atom. The molecule has 0 aliphatic rings. The molecule has 0 saturated heterocycles. The quantitative estimate of drug-likeness (QED) is 0.675. The van der Waals surface area contributed by atoms with Crippen LogP contribution in [0.2, 0.25) is 0 Å². The Kier molecular flexibility index (Phi) is 8.17. The Hall–Kier alpha value is -0.610. The predicted molar refractivity (Wildman–Crippen MR) is 70.9 cm³/mol. The van der Waals surface area contributed by atoms with Crippen molar-refractivity contribution in [2.75, 3.05) is 19.7 Å². The lowest BCUT2D eigenvalue weighted by molar-refractivity contribution is -0.126. The fourth-order valence-electron chi connectivity index (χ4n) is 1.76. The average molecular weight is 244 g/mol. The molecule has 0 fully saturated rings. The molecule has 4 nitrogen and oxygen atoms in total. The van der Waals surface area contributed by atoms with Gasteiger partial charge in [-0.05, 0) is 33.1 Å². The molecule has 1 unspecified atom stereocenters. The first-order valence-electron chi connectivity index (χ1n) is 6.54. The molecule has 0 aromatic heterocycles. The minimum absolute atomic E-state index is 0.0744. The number of nitrogens with one attached hydrogen (secondary N) is 1. The van der Waals surface area contributed by atoms with E-state index in [1.807, 2.05) is 6.92 Å². The molecule has 2 N–H and O–H groups in total. The van der Waals surface area contributed by atoms with Crippen molar-refractivity contribution in [1.82, 2.24) is 10.2 Å². The third kappa shape index (κ3) is 6.64. The molecule has 0 bridgehead atoms. The van der Waals surface area contributed by atoms with E-state index in [1.165, 1.54) is 0 Å². The van der Waals surface area contributed by atoms with E-state index in [1.54, 1.807) is 0 Å². The highest BCUT2D eigenvalue weighted by atomic mass is 16.3. The van der Waals surface area contributed by atoms with Gasteiger partial charge >= 0.3 is 0 Å². The zero-order valence-corrected chi connectivity index (χ0v) is 11.9. The third-order valence-corrected chi connectivity index (χ3v) is 2.80. The molecule has 0 heterocycles. The second kappa shape index (κ2) is 8.48. The molecule has 17 heavy (non-hydrogen) atoms. The molecule has 0 spiro atoms. The van der Waals surface area contributed by atoms with Gasteiger partial charge in [0.05, 0.1) is 6.04 Å². The van der Waals surface area contributed by atoms with E-state index < -0.39 is 0 Å². The maximum atomic E-state index is 11.9. The van der Waals surface area contributed by atoms with Crippen LogP contribution in [-0.2, 0) is 4.79 Å². The molecule has 0 saturated carbocycles. The number of aliphatic hydroxyl groups is 1. The first-order valence-corrected chi connectivity index (χ1v) is 6.54. The number of amides is 1. The lowest BCUT2D eigenvalue weighted by atomic mass is 10.1. The summed E-state index contributed by atoms with van der Waals surface area (Å²) in [6.07, 6.45) is 0.708. The zero-order chi connectivity index (χ0) is 13.4. The number of nitrogens with zero attached hydrogens (tertiary/aromatic N) is 1. The summed E-state index contributed by atoms with van der Waals surface area (Å²) in [6.45, 7) is 11.9. The molecule has 0 aliphatic carbocycles.